The summed E-state index contributed by atoms with van der Waals surface area (Å²) in [7, 11) is 0. The lowest BCUT2D eigenvalue weighted by Crippen LogP contribution is -2.64. The van der Waals surface area contributed by atoms with Crippen LogP contribution in [0.3, 0.4) is 0 Å². The Balaban J connectivity index is 1.46. The van der Waals surface area contributed by atoms with Crippen LogP contribution in [-0.2, 0) is 19.1 Å². The molecule has 0 spiro atoms. The molecule has 0 radical (unpaired) electrons. The van der Waals surface area contributed by atoms with E-state index in [1.807, 2.05) is 48.5 Å². The first-order valence-electron chi connectivity index (χ1n) is 10.4. The molecule has 180 valence electrons. The predicted molar refractivity (Wildman–Crippen MR) is 112 cm³/mol. The Bertz CT molecular complexity index is 1070. The highest BCUT2D eigenvalue weighted by atomic mass is 19.4. The van der Waals surface area contributed by atoms with Crippen molar-refractivity contribution in [3.05, 3.63) is 59.7 Å². The van der Waals surface area contributed by atoms with E-state index in [1.165, 1.54) is 5.32 Å². The first-order chi connectivity index (χ1) is 16.1. The summed E-state index contributed by atoms with van der Waals surface area (Å²) in [6.45, 7) is -0.507. The maximum absolute atomic E-state index is 13.0. The molecule has 0 bridgehead atoms. The fourth-order valence-electron chi connectivity index (χ4n) is 4.28. The Morgan fingerprint density at radius 2 is 1.68 bits per heavy atom. The van der Waals surface area contributed by atoms with Crippen molar-refractivity contribution in [2.75, 3.05) is 19.8 Å². The molecule has 2 aromatic carbocycles. The highest BCUT2D eigenvalue weighted by molar-refractivity contribution is 5.93. The van der Waals surface area contributed by atoms with Gasteiger partial charge in [-0.15, -0.1) is 0 Å². The number of alkyl halides is 3. The van der Waals surface area contributed by atoms with Gasteiger partial charge in [-0.05, 0) is 22.3 Å². The third-order valence-electron chi connectivity index (χ3n) is 5.99. The molecule has 1 aliphatic carbocycles. The van der Waals surface area contributed by atoms with Crippen molar-refractivity contribution >= 4 is 18.0 Å². The lowest BCUT2D eigenvalue weighted by molar-refractivity contribution is -0.182. The van der Waals surface area contributed by atoms with Gasteiger partial charge in [0.2, 0.25) is 11.9 Å². The highest BCUT2D eigenvalue weighted by Crippen LogP contribution is 2.44. The highest BCUT2D eigenvalue weighted by Gasteiger charge is 2.51. The van der Waals surface area contributed by atoms with Gasteiger partial charge in [-0.2, -0.15) is 13.2 Å². The molecule has 2 aliphatic rings. The Hall–Kier alpha value is -3.60. The summed E-state index contributed by atoms with van der Waals surface area (Å²) in [6.07, 6.45) is -6.39. The topological polar surface area (TPSA) is 114 Å². The van der Waals surface area contributed by atoms with Gasteiger partial charge in [-0.25, -0.2) is 9.59 Å². The minimum atomic E-state index is -5.22. The maximum Gasteiger partial charge on any atom is 0.419 e. The second-order valence-corrected chi connectivity index (χ2v) is 8.12. The lowest BCUT2D eigenvalue weighted by Gasteiger charge is -2.29. The maximum atomic E-state index is 13.0. The third kappa shape index (κ3) is 4.43. The summed E-state index contributed by atoms with van der Waals surface area (Å²) >= 11 is 0. The molecule has 8 nitrogen and oxygen atoms in total. The number of ether oxygens (including phenoxy) is 2. The first kappa shape index (κ1) is 23.6. The Morgan fingerprint density at radius 1 is 1.09 bits per heavy atom. The Kier molecular flexibility index (Phi) is 6.22. The van der Waals surface area contributed by atoms with Crippen molar-refractivity contribution in [3.63, 3.8) is 0 Å². The number of carboxylic acids is 1. The van der Waals surface area contributed by atoms with E-state index in [-0.39, 0.29) is 25.6 Å². The molecule has 3 N–H and O–H groups in total. The SMILES string of the molecule is O=C(NC1(C(=O)NC(C(=O)O)C(F)(F)F)CCOC1)OCC1c2ccccc2-c2ccccc21. The molecule has 11 heteroatoms. The number of hydrogen-bond acceptors (Lipinski definition) is 5. The fraction of sp³-hybridized carbons (Fsp3) is 0.348. The zero-order valence-electron chi connectivity index (χ0n) is 17.7. The second kappa shape index (κ2) is 8.98. The Labute approximate surface area is 192 Å². The number of nitrogens with one attached hydrogen (secondary N) is 2. The molecule has 34 heavy (non-hydrogen) atoms. The summed E-state index contributed by atoms with van der Waals surface area (Å²) < 4.78 is 49.5. The molecule has 2 amide bonds. The molecule has 1 fully saturated rings. The van der Waals surface area contributed by atoms with Crippen LogP contribution in [0.5, 0.6) is 0 Å². The van der Waals surface area contributed by atoms with Crippen LogP contribution < -0.4 is 10.6 Å². The number of aliphatic carboxylic acids is 1. The van der Waals surface area contributed by atoms with Crippen LogP contribution in [0.4, 0.5) is 18.0 Å². The summed E-state index contributed by atoms with van der Waals surface area (Å²) in [5, 5.41) is 12.6. The largest absolute Gasteiger partial charge is 0.479 e. The monoisotopic (exact) mass is 478 g/mol. The molecule has 1 heterocycles. The number of halogens is 3. The quantitative estimate of drug-likeness (QED) is 0.589. The lowest BCUT2D eigenvalue weighted by atomic mass is 9.97. The van der Waals surface area contributed by atoms with Crippen molar-refractivity contribution in [2.45, 2.75) is 30.1 Å². The van der Waals surface area contributed by atoms with E-state index in [0.717, 1.165) is 22.3 Å². The normalized spacial score (nSPS) is 20.2. The zero-order chi connectivity index (χ0) is 24.5. The average Bonchev–Trinajstić information content (AvgIpc) is 3.38. The predicted octanol–water partition coefficient (Wildman–Crippen LogP) is 2.82. The second-order valence-electron chi connectivity index (χ2n) is 8.12. The van der Waals surface area contributed by atoms with Gasteiger partial charge in [0, 0.05) is 18.9 Å². The van der Waals surface area contributed by atoms with Crippen LogP contribution >= 0.6 is 0 Å². The third-order valence-corrected chi connectivity index (χ3v) is 5.99. The van der Waals surface area contributed by atoms with Crippen LogP contribution in [0.2, 0.25) is 0 Å². The number of alkyl carbamates (subject to hydrolysis) is 1. The summed E-state index contributed by atoms with van der Waals surface area (Å²) in [6, 6.07) is 12.2. The Morgan fingerprint density at radius 3 is 2.18 bits per heavy atom. The van der Waals surface area contributed by atoms with Crippen molar-refractivity contribution in [1.29, 1.82) is 0 Å². The zero-order valence-corrected chi connectivity index (χ0v) is 17.7. The van der Waals surface area contributed by atoms with Crippen molar-refractivity contribution in [2.24, 2.45) is 0 Å². The van der Waals surface area contributed by atoms with E-state index in [4.69, 9.17) is 14.6 Å². The fourth-order valence-corrected chi connectivity index (χ4v) is 4.28. The summed E-state index contributed by atoms with van der Waals surface area (Å²) in [4.78, 5) is 36.2. The van der Waals surface area contributed by atoms with E-state index >= 15 is 0 Å². The summed E-state index contributed by atoms with van der Waals surface area (Å²) in [5.74, 6) is -3.84. The van der Waals surface area contributed by atoms with E-state index < -0.39 is 42.3 Å². The van der Waals surface area contributed by atoms with Crippen molar-refractivity contribution < 1.29 is 42.1 Å². The van der Waals surface area contributed by atoms with E-state index in [1.54, 1.807) is 0 Å². The van der Waals surface area contributed by atoms with Gasteiger partial charge in [0.15, 0.2) is 0 Å². The van der Waals surface area contributed by atoms with E-state index in [9.17, 15) is 27.6 Å². The molecular weight excluding hydrogens is 457 g/mol. The molecule has 0 saturated carbocycles. The van der Waals surface area contributed by atoms with Gasteiger partial charge in [-0.1, -0.05) is 48.5 Å². The molecule has 1 saturated heterocycles. The smallest absolute Gasteiger partial charge is 0.419 e. The van der Waals surface area contributed by atoms with Crippen molar-refractivity contribution in [1.82, 2.24) is 10.6 Å². The van der Waals surface area contributed by atoms with Gasteiger partial charge in [0.25, 0.3) is 0 Å². The minimum absolute atomic E-state index is 0.0131. The molecular formula is C23H21F3N2O6. The number of rotatable bonds is 6. The molecule has 1 aliphatic heterocycles. The standard InChI is InChI=1S/C23H21F3N2O6/c24-23(25,26)18(19(29)30)27-20(31)22(9-10-33-12-22)28-21(32)34-11-17-15-7-3-1-5-13(15)14-6-2-4-8-16(14)17/h1-8,17-18H,9-12H2,(H,27,31)(H,28,32)(H,29,30). The van der Waals surface area contributed by atoms with Gasteiger partial charge in [0.1, 0.15) is 12.1 Å². The van der Waals surface area contributed by atoms with Gasteiger partial charge in [0.05, 0.1) is 6.61 Å². The van der Waals surface area contributed by atoms with Gasteiger partial charge in [-0.3, -0.25) is 4.79 Å². The number of hydrogen-bond donors (Lipinski definition) is 3. The van der Waals surface area contributed by atoms with Crippen LogP contribution in [0.15, 0.2) is 48.5 Å². The van der Waals surface area contributed by atoms with Crippen LogP contribution in [-0.4, -0.2) is 60.7 Å². The first-order valence-corrected chi connectivity index (χ1v) is 10.4. The summed E-state index contributed by atoms with van der Waals surface area (Å²) in [5.41, 5.74) is 2.06. The molecule has 2 unspecified atom stereocenters. The minimum Gasteiger partial charge on any atom is -0.479 e. The number of carbonyl (C=O) groups excluding carboxylic acids is 2. The van der Waals surface area contributed by atoms with Crippen LogP contribution in [0.25, 0.3) is 11.1 Å². The van der Waals surface area contributed by atoms with E-state index in [0.29, 0.717) is 0 Å². The van der Waals surface area contributed by atoms with Crippen LogP contribution in [0.1, 0.15) is 23.5 Å². The number of benzene rings is 2. The number of carboxylic acid groups (broad SMARTS) is 1. The average molecular weight is 478 g/mol. The number of carbonyl (C=O) groups is 3. The van der Waals surface area contributed by atoms with Crippen LogP contribution in [0, 0.1) is 0 Å². The van der Waals surface area contributed by atoms with Gasteiger partial charge >= 0.3 is 18.2 Å². The molecule has 2 aromatic rings. The number of fused-ring (bicyclic) bond motifs is 3. The number of amides is 2. The molecule has 4 rings (SSSR count). The molecule has 0 aromatic heterocycles. The van der Waals surface area contributed by atoms with Gasteiger partial charge < -0.3 is 25.2 Å². The molecule has 2 atom stereocenters. The van der Waals surface area contributed by atoms with Crippen molar-refractivity contribution in [3.8, 4) is 11.1 Å². The van der Waals surface area contributed by atoms with E-state index in [2.05, 4.69) is 5.32 Å².